The van der Waals surface area contributed by atoms with Gasteiger partial charge in [-0.15, -0.1) is 0 Å². The molecule has 6 aromatic rings. The van der Waals surface area contributed by atoms with E-state index in [0.29, 0.717) is 5.82 Å². The Morgan fingerprint density at radius 1 is 0.733 bits per heavy atom. The largest absolute Gasteiger partial charge is 0.457 e. The Morgan fingerprint density at radius 2 is 1.38 bits per heavy atom. The highest BCUT2D eigenvalue weighted by Crippen LogP contribution is 2.42. The van der Waals surface area contributed by atoms with Crippen LogP contribution >= 0.6 is 0 Å². The maximum absolute atomic E-state index is 6.49. The first-order chi connectivity index (χ1) is 22.1. The molecule has 1 saturated heterocycles. The van der Waals surface area contributed by atoms with Crippen LogP contribution in [0.3, 0.4) is 0 Å². The molecule has 0 aliphatic carbocycles. The van der Waals surface area contributed by atoms with E-state index >= 15 is 0 Å². The van der Waals surface area contributed by atoms with Gasteiger partial charge in [0.25, 0.3) is 0 Å². The molecule has 0 radical (unpaired) electrons. The first-order valence-corrected chi connectivity index (χ1v) is 15.6. The number of hydrogen-bond donors (Lipinski definition) is 1. The van der Waals surface area contributed by atoms with Crippen LogP contribution in [-0.2, 0) is 6.54 Å². The molecule has 45 heavy (non-hydrogen) atoms. The van der Waals surface area contributed by atoms with Crippen molar-refractivity contribution >= 4 is 16.9 Å². The first kappa shape index (κ1) is 28.7. The van der Waals surface area contributed by atoms with Crippen LogP contribution in [0, 0.1) is 13.8 Å². The summed E-state index contributed by atoms with van der Waals surface area (Å²) in [6.07, 6.45) is 10.8. The van der Waals surface area contributed by atoms with Crippen molar-refractivity contribution < 1.29 is 4.74 Å². The summed E-state index contributed by atoms with van der Waals surface area (Å²) in [4.78, 5) is 21.4. The summed E-state index contributed by atoms with van der Waals surface area (Å²) >= 11 is 0. The monoisotopic (exact) mass is 595 g/mol. The molecule has 1 aliphatic rings. The van der Waals surface area contributed by atoms with Gasteiger partial charge in [-0.2, -0.15) is 0 Å². The molecule has 226 valence electrons. The van der Waals surface area contributed by atoms with E-state index in [-0.39, 0.29) is 12.1 Å². The van der Waals surface area contributed by atoms with Crippen molar-refractivity contribution in [3.8, 4) is 22.6 Å². The number of rotatable bonds is 8. The van der Waals surface area contributed by atoms with E-state index in [9.17, 15) is 0 Å². The molecule has 8 heteroatoms. The second kappa shape index (κ2) is 12.5. The predicted octanol–water partition coefficient (Wildman–Crippen LogP) is 7.85. The molecular formula is C37H37N7O. The maximum atomic E-state index is 6.49. The number of nitrogen functional groups attached to an aromatic ring is 1. The highest BCUT2D eigenvalue weighted by atomic mass is 16.5. The number of nitrogens with zero attached hydrogens (tertiary/aromatic N) is 6. The molecule has 7 rings (SSSR count). The Morgan fingerprint density at radius 3 is 2.02 bits per heavy atom. The van der Waals surface area contributed by atoms with Gasteiger partial charge in [0, 0.05) is 37.2 Å². The van der Waals surface area contributed by atoms with E-state index < -0.39 is 0 Å². The number of fused-ring (bicyclic) bond motifs is 1. The SMILES string of the molecule is Cc1cccnc1[C@H]1CCC[C@@H](c2ncccc2C)N1CCn1cc(-c2ccc(Oc3ccccc3)cc2)c2c(N)ncnc21. The van der Waals surface area contributed by atoms with E-state index in [1.54, 1.807) is 6.33 Å². The van der Waals surface area contributed by atoms with Crippen molar-refractivity contribution in [1.29, 1.82) is 0 Å². The molecule has 4 aromatic heterocycles. The summed E-state index contributed by atoms with van der Waals surface area (Å²) in [5.41, 5.74) is 14.1. The number of benzene rings is 2. The fraction of sp³-hybridized carbons (Fsp3) is 0.243. The van der Waals surface area contributed by atoms with Crippen LogP contribution in [0.25, 0.3) is 22.2 Å². The van der Waals surface area contributed by atoms with Crippen molar-refractivity contribution in [1.82, 2.24) is 29.4 Å². The summed E-state index contributed by atoms with van der Waals surface area (Å²) in [7, 11) is 0. The quantitative estimate of drug-likeness (QED) is 0.191. The third kappa shape index (κ3) is 5.77. The Labute approximate surface area is 263 Å². The molecule has 2 atom stereocenters. The first-order valence-electron chi connectivity index (χ1n) is 15.6. The number of piperidine rings is 1. The Balaban J connectivity index is 1.22. The molecule has 0 bridgehead atoms. The van der Waals surface area contributed by atoms with Gasteiger partial charge in [-0.3, -0.25) is 14.9 Å². The fourth-order valence-corrected chi connectivity index (χ4v) is 6.73. The van der Waals surface area contributed by atoms with Crippen molar-refractivity contribution in [2.75, 3.05) is 12.3 Å². The Bertz CT molecular complexity index is 1870. The van der Waals surface area contributed by atoms with Crippen LogP contribution in [0.5, 0.6) is 11.5 Å². The highest BCUT2D eigenvalue weighted by Gasteiger charge is 2.35. The standard InChI is InChI=1S/C37H37N7O/c1-25-9-7-19-39-34(25)31-13-6-14-32(35-26(2)10-8-20-40-35)44(31)22-21-43-23-30(33-36(38)41-24-42-37(33)43)27-15-17-29(18-16-27)45-28-11-4-3-5-12-28/h3-5,7-12,15-20,23-24,31-32H,6,13-14,21-22H2,1-2H3,(H2,38,41,42)/t31-,32+. The maximum Gasteiger partial charge on any atom is 0.146 e. The third-order valence-corrected chi connectivity index (χ3v) is 8.91. The normalized spacial score (nSPS) is 17.0. The highest BCUT2D eigenvalue weighted by molar-refractivity contribution is 6.00. The lowest BCUT2D eigenvalue weighted by molar-refractivity contribution is 0.0725. The zero-order chi connectivity index (χ0) is 30.8. The molecule has 2 N–H and O–H groups in total. The van der Waals surface area contributed by atoms with E-state index in [0.717, 1.165) is 77.4 Å². The molecule has 0 saturated carbocycles. The average molecular weight is 596 g/mol. The number of hydrogen-bond acceptors (Lipinski definition) is 7. The van der Waals surface area contributed by atoms with Crippen molar-refractivity contribution in [3.05, 3.63) is 126 Å². The van der Waals surface area contributed by atoms with E-state index in [1.165, 1.54) is 11.1 Å². The van der Waals surface area contributed by atoms with Gasteiger partial charge >= 0.3 is 0 Å². The average Bonchev–Trinajstić information content (AvgIpc) is 3.45. The van der Waals surface area contributed by atoms with Gasteiger partial charge in [-0.05, 0) is 86.2 Å². The minimum absolute atomic E-state index is 0.199. The second-order valence-electron chi connectivity index (χ2n) is 11.7. The fourth-order valence-electron chi connectivity index (χ4n) is 6.73. The van der Waals surface area contributed by atoms with Gasteiger partial charge in [-0.25, -0.2) is 9.97 Å². The molecule has 8 nitrogen and oxygen atoms in total. The van der Waals surface area contributed by atoms with Gasteiger partial charge in [0.1, 0.15) is 29.3 Å². The van der Waals surface area contributed by atoms with E-state index in [2.05, 4.69) is 58.8 Å². The molecule has 0 unspecified atom stereocenters. The minimum Gasteiger partial charge on any atom is -0.457 e. The van der Waals surface area contributed by atoms with Gasteiger partial charge in [-0.1, -0.05) is 42.5 Å². The van der Waals surface area contributed by atoms with E-state index in [4.69, 9.17) is 25.4 Å². The van der Waals surface area contributed by atoms with Gasteiger partial charge in [0.15, 0.2) is 0 Å². The van der Waals surface area contributed by atoms with Gasteiger partial charge in [0.05, 0.1) is 28.9 Å². The van der Waals surface area contributed by atoms with Crippen molar-refractivity contribution in [3.63, 3.8) is 0 Å². The van der Waals surface area contributed by atoms with E-state index in [1.807, 2.05) is 67.0 Å². The molecule has 1 aliphatic heterocycles. The number of nitrogens with two attached hydrogens (primary N) is 1. The van der Waals surface area contributed by atoms with Crippen molar-refractivity contribution in [2.24, 2.45) is 0 Å². The van der Waals surface area contributed by atoms with Crippen LogP contribution in [0.1, 0.15) is 53.9 Å². The van der Waals surface area contributed by atoms with Crippen LogP contribution in [0.4, 0.5) is 5.82 Å². The zero-order valence-corrected chi connectivity index (χ0v) is 25.7. The van der Waals surface area contributed by atoms with Crippen LogP contribution in [-0.4, -0.2) is 35.9 Å². The second-order valence-corrected chi connectivity index (χ2v) is 11.7. The zero-order valence-electron chi connectivity index (χ0n) is 25.7. The van der Waals surface area contributed by atoms with Gasteiger partial charge < -0.3 is 15.0 Å². The molecule has 1 fully saturated rings. The van der Waals surface area contributed by atoms with Crippen LogP contribution in [0.15, 0.2) is 104 Å². The summed E-state index contributed by atoms with van der Waals surface area (Å²) in [5.74, 6) is 2.05. The molecule has 5 heterocycles. The number of aromatic nitrogens is 5. The number of anilines is 1. The topological polar surface area (TPSA) is 95.0 Å². The number of aryl methyl sites for hydroxylation is 2. The molecular weight excluding hydrogens is 558 g/mol. The number of ether oxygens (including phenoxy) is 1. The summed E-state index contributed by atoms with van der Waals surface area (Å²) < 4.78 is 8.25. The Hall–Kier alpha value is -5.08. The van der Waals surface area contributed by atoms with Crippen LogP contribution in [0.2, 0.25) is 0 Å². The summed E-state index contributed by atoms with van der Waals surface area (Å²) in [5, 5.41) is 0.863. The lowest BCUT2D eigenvalue weighted by atomic mass is 9.89. The predicted molar refractivity (Wildman–Crippen MR) is 178 cm³/mol. The van der Waals surface area contributed by atoms with Crippen molar-refractivity contribution in [2.45, 2.75) is 51.7 Å². The molecule has 0 spiro atoms. The smallest absolute Gasteiger partial charge is 0.146 e. The van der Waals surface area contributed by atoms with Gasteiger partial charge in [0.2, 0.25) is 0 Å². The number of pyridine rings is 2. The number of likely N-dealkylation sites (tertiary alicyclic amines) is 1. The van der Waals surface area contributed by atoms with Crippen LogP contribution < -0.4 is 10.5 Å². The minimum atomic E-state index is 0.199. The summed E-state index contributed by atoms with van der Waals surface area (Å²) in [6, 6.07) is 26.7. The Kier molecular flexibility index (Phi) is 7.96. The summed E-state index contributed by atoms with van der Waals surface area (Å²) in [6.45, 7) is 5.86. The molecule has 0 amide bonds. The molecule has 2 aromatic carbocycles. The third-order valence-electron chi connectivity index (χ3n) is 8.91. The number of para-hydroxylation sites is 1. The lowest BCUT2D eigenvalue weighted by Crippen LogP contribution is -2.39. The lowest BCUT2D eigenvalue weighted by Gasteiger charge is -2.42.